The molecule has 1 aromatic heterocycles. The monoisotopic (exact) mass is 587 g/mol. The van der Waals surface area contributed by atoms with E-state index in [1.54, 1.807) is 26.8 Å². The smallest absolute Gasteiger partial charge is 0.264 e. The van der Waals surface area contributed by atoms with E-state index in [0.717, 1.165) is 22.5 Å². The number of amides is 2. The summed E-state index contributed by atoms with van der Waals surface area (Å²) < 4.78 is 8.54. The largest absolute Gasteiger partial charge is 0.432 e. The molecule has 0 saturated carbocycles. The quantitative estimate of drug-likeness (QED) is 0.223. The number of hydrogen-bond acceptors (Lipinski definition) is 7. The summed E-state index contributed by atoms with van der Waals surface area (Å²) in [6.07, 6.45) is 3.11. The molecule has 10 nitrogen and oxygen atoms in total. The van der Waals surface area contributed by atoms with Gasteiger partial charge in [0.15, 0.2) is 13.9 Å². The first-order valence-electron chi connectivity index (χ1n) is 14.5. The van der Waals surface area contributed by atoms with Gasteiger partial charge in [0.1, 0.15) is 11.8 Å². The number of fused-ring (bicyclic) bond motifs is 2. The molecule has 4 heterocycles. The Balaban J connectivity index is 1.31. The van der Waals surface area contributed by atoms with Gasteiger partial charge in [-0.3, -0.25) is 14.3 Å². The van der Waals surface area contributed by atoms with Crippen molar-refractivity contribution in [2.75, 3.05) is 22.9 Å². The predicted octanol–water partition coefficient (Wildman–Crippen LogP) is 3.52. The molecule has 3 aliphatic heterocycles. The Bertz CT molecular complexity index is 1520. The zero-order valence-corrected chi connectivity index (χ0v) is 25.2. The Morgan fingerprint density at radius 2 is 1.98 bits per heavy atom. The third kappa shape index (κ3) is 4.51. The Morgan fingerprint density at radius 3 is 2.62 bits per heavy atom. The minimum Gasteiger partial charge on any atom is -0.432 e. The van der Waals surface area contributed by atoms with Crippen LogP contribution in [0.5, 0.6) is 0 Å². The van der Waals surface area contributed by atoms with Crippen LogP contribution in [0.3, 0.4) is 0 Å². The number of aliphatic hydroxyl groups excluding tert-OH is 1. The van der Waals surface area contributed by atoms with E-state index in [-0.39, 0.29) is 23.3 Å². The predicted molar refractivity (Wildman–Crippen MR) is 160 cm³/mol. The van der Waals surface area contributed by atoms with Gasteiger partial charge in [-0.15, -0.1) is 11.7 Å². The topological polar surface area (TPSA) is 121 Å². The molecule has 2 fully saturated rings. The van der Waals surface area contributed by atoms with E-state index < -0.39 is 26.1 Å². The zero-order chi connectivity index (χ0) is 29.8. The first-order valence-corrected chi connectivity index (χ1v) is 17.5. The van der Waals surface area contributed by atoms with Gasteiger partial charge in [0.2, 0.25) is 5.91 Å². The number of anilines is 2. The number of aliphatic hydroxyl groups is 1. The van der Waals surface area contributed by atoms with Gasteiger partial charge in [-0.1, -0.05) is 48.5 Å². The van der Waals surface area contributed by atoms with Gasteiger partial charge in [-0.2, -0.15) is 0 Å². The number of aromatic nitrogens is 3. The van der Waals surface area contributed by atoms with Gasteiger partial charge in [-0.25, -0.2) is 0 Å². The van der Waals surface area contributed by atoms with Crippen molar-refractivity contribution in [1.82, 2.24) is 15.0 Å². The Hall–Kier alpha value is -3.64. The number of carbonyl (C=O) groups is 2. The molecule has 2 aromatic carbocycles. The van der Waals surface area contributed by atoms with Crippen LogP contribution in [0.1, 0.15) is 42.7 Å². The van der Waals surface area contributed by atoms with Crippen LogP contribution in [0, 0.1) is 5.92 Å². The maximum Gasteiger partial charge on any atom is 0.264 e. The molecule has 2 saturated heterocycles. The fraction of sp³-hybridized carbons (Fsp3) is 0.419. The molecule has 1 spiro atoms. The number of β-lactam (4-membered cyclic amide) rings is 1. The summed E-state index contributed by atoms with van der Waals surface area (Å²) in [5, 5.41) is 19.2. The van der Waals surface area contributed by atoms with Crippen LogP contribution in [-0.2, 0) is 26.5 Å². The molecule has 0 unspecified atom stereocenters. The molecule has 220 valence electrons. The second-order valence-corrected chi connectivity index (χ2v) is 16.0. The standard InChI is InChI=1S/C31H37N5O5Si/c1-5-15-36-25-12-11-22(35-17-14-27(35)37)18-23(25)31(30(36)39)20(2)29(42(3,4)40)26(41-31)13-16-34-19-24(32-33-34)28(38)21-9-7-6-8-10-21/h5-12,18-20,26,28-29,38,40H,1,13-17H2,2-4H3/t20-,26+,28+,29-,31+/m0/s1. The normalized spacial score (nSPS) is 26.1. The van der Waals surface area contributed by atoms with E-state index in [1.165, 1.54) is 0 Å². The lowest BCUT2D eigenvalue weighted by Gasteiger charge is -2.33. The summed E-state index contributed by atoms with van der Waals surface area (Å²) >= 11 is 0. The van der Waals surface area contributed by atoms with Gasteiger partial charge in [0.05, 0.1) is 18.0 Å². The maximum absolute atomic E-state index is 14.3. The molecule has 5 atom stereocenters. The zero-order valence-electron chi connectivity index (χ0n) is 24.2. The van der Waals surface area contributed by atoms with Crippen LogP contribution >= 0.6 is 0 Å². The van der Waals surface area contributed by atoms with Gasteiger partial charge in [0.25, 0.3) is 5.91 Å². The van der Waals surface area contributed by atoms with E-state index in [9.17, 15) is 19.5 Å². The van der Waals surface area contributed by atoms with E-state index >= 15 is 0 Å². The SMILES string of the molecule is C=CCN1C(=O)[C@]2(O[C@H](CCn3cc([C@H](O)c4ccccc4)nn3)[C@@H]([Si](C)(C)O)[C@@H]2C)c2cc(N3CCC3=O)ccc21. The lowest BCUT2D eigenvalue weighted by molar-refractivity contribution is -0.145. The molecule has 0 radical (unpaired) electrons. The number of aryl methyl sites for hydroxylation is 1. The molecule has 3 aromatic rings. The second-order valence-electron chi connectivity index (χ2n) is 12.1. The van der Waals surface area contributed by atoms with Crippen molar-refractivity contribution < 1.29 is 24.2 Å². The van der Waals surface area contributed by atoms with Crippen LogP contribution in [0.25, 0.3) is 0 Å². The molecule has 6 rings (SSSR count). The molecule has 3 aliphatic rings. The van der Waals surface area contributed by atoms with Crippen molar-refractivity contribution in [3.05, 3.63) is 84.2 Å². The van der Waals surface area contributed by atoms with Crippen molar-refractivity contribution in [3.8, 4) is 0 Å². The Kier molecular flexibility index (Phi) is 7.16. The summed E-state index contributed by atoms with van der Waals surface area (Å²) in [5.74, 6) is -0.429. The van der Waals surface area contributed by atoms with Crippen LogP contribution in [0.15, 0.2) is 67.4 Å². The van der Waals surface area contributed by atoms with Gasteiger partial charge in [-0.05, 0) is 43.3 Å². The highest BCUT2D eigenvalue weighted by Gasteiger charge is 2.66. The van der Waals surface area contributed by atoms with Crippen molar-refractivity contribution in [3.63, 3.8) is 0 Å². The summed E-state index contributed by atoms with van der Waals surface area (Å²) in [6.45, 7) is 11.0. The van der Waals surface area contributed by atoms with E-state index in [0.29, 0.717) is 38.2 Å². The average molecular weight is 588 g/mol. The molecule has 0 bridgehead atoms. The van der Waals surface area contributed by atoms with Gasteiger partial charge >= 0.3 is 0 Å². The first-order chi connectivity index (χ1) is 20.1. The number of ether oxygens (including phenoxy) is 1. The average Bonchev–Trinajstić information content (AvgIpc) is 3.62. The lowest BCUT2D eigenvalue weighted by atomic mass is 9.82. The van der Waals surface area contributed by atoms with Gasteiger partial charge in [0, 0.05) is 48.8 Å². The fourth-order valence-corrected chi connectivity index (χ4v) is 9.62. The molecule has 11 heteroatoms. The summed E-state index contributed by atoms with van der Waals surface area (Å²) in [5.41, 5.74) is 1.87. The third-order valence-corrected chi connectivity index (χ3v) is 11.5. The Labute approximate surface area is 246 Å². The first kappa shape index (κ1) is 28.5. The third-order valence-electron chi connectivity index (χ3n) is 9.04. The van der Waals surface area contributed by atoms with Crippen molar-refractivity contribution in [2.45, 2.75) is 62.8 Å². The highest BCUT2D eigenvalue weighted by atomic mass is 28.4. The molecule has 42 heavy (non-hydrogen) atoms. The number of nitrogens with zero attached hydrogens (tertiary/aromatic N) is 5. The van der Waals surface area contributed by atoms with Crippen molar-refractivity contribution in [1.29, 1.82) is 0 Å². The molecular weight excluding hydrogens is 550 g/mol. The van der Waals surface area contributed by atoms with Crippen LogP contribution < -0.4 is 9.80 Å². The van der Waals surface area contributed by atoms with Crippen LogP contribution in [0.4, 0.5) is 11.4 Å². The minimum absolute atomic E-state index is 0.0564. The van der Waals surface area contributed by atoms with E-state index in [4.69, 9.17) is 4.74 Å². The summed E-state index contributed by atoms with van der Waals surface area (Å²) in [4.78, 5) is 41.5. The highest BCUT2D eigenvalue weighted by molar-refractivity contribution is 6.71. The number of carbonyl (C=O) groups excluding carboxylic acids is 2. The van der Waals surface area contributed by atoms with Crippen molar-refractivity contribution >= 4 is 31.5 Å². The molecule has 2 amide bonds. The van der Waals surface area contributed by atoms with Gasteiger partial charge < -0.3 is 24.4 Å². The summed E-state index contributed by atoms with van der Waals surface area (Å²) in [6, 6.07) is 15.0. The Morgan fingerprint density at radius 1 is 1.21 bits per heavy atom. The summed E-state index contributed by atoms with van der Waals surface area (Å²) in [7, 11) is -2.84. The van der Waals surface area contributed by atoms with Crippen molar-refractivity contribution in [2.24, 2.45) is 5.92 Å². The fourth-order valence-electron chi connectivity index (χ4n) is 7.02. The number of hydrogen-bond donors (Lipinski definition) is 2. The highest BCUT2D eigenvalue weighted by Crippen LogP contribution is 2.60. The molecule has 2 N–H and O–H groups in total. The molecule has 0 aliphatic carbocycles. The lowest BCUT2D eigenvalue weighted by Crippen LogP contribution is -2.46. The maximum atomic E-state index is 14.3. The molecular formula is C31H37N5O5Si. The van der Waals surface area contributed by atoms with E-state index in [2.05, 4.69) is 16.9 Å². The minimum atomic E-state index is -2.84. The van der Waals surface area contributed by atoms with Crippen LogP contribution in [-0.4, -0.2) is 64.2 Å². The number of rotatable bonds is 9. The van der Waals surface area contributed by atoms with E-state index in [1.807, 2.05) is 68.5 Å². The second kappa shape index (κ2) is 10.6. The van der Waals surface area contributed by atoms with Crippen LogP contribution in [0.2, 0.25) is 18.6 Å². The number of benzene rings is 2.